The number of rotatable bonds is 6. The largest absolute Gasteiger partial charge is 0.508 e. The first-order valence-electron chi connectivity index (χ1n) is 14.9. The average molecular weight is 582 g/mol. The van der Waals surface area contributed by atoms with Gasteiger partial charge in [-0.25, -0.2) is 8.78 Å². The van der Waals surface area contributed by atoms with Crippen molar-refractivity contribution in [2.75, 3.05) is 37.7 Å². The Hall–Kier alpha value is -2.75. The van der Waals surface area contributed by atoms with Crippen LogP contribution in [0.25, 0.3) is 22.0 Å². The number of piperazine rings is 1. The van der Waals surface area contributed by atoms with Crippen LogP contribution in [0, 0.1) is 5.82 Å². The molecule has 8 rings (SSSR count). The highest BCUT2D eigenvalue weighted by molar-refractivity contribution is 6.32. The van der Waals surface area contributed by atoms with Crippen LogP contribution in [0.4, 0.5) is 14.6 Å². The van der Waals surface area contributed by atoms with E-state index in [1.165, 1.54) is 6.07 Å². The maximum atomic E-state index is 16.6. The van der Waals surface area contributed by atoms with E-state index in [9.17, 15) is 9.50 Å². The Morgan fingerprint density at radius 2 is 1.90 bits per heavy atom. The highest BCUT2D eigenvalue weighted by Crippen LogP contribution is 2.49. The van der Waals surface area contributed by atoms with Crippen LogP contribution in [0.1, 0.15) is 56.4 Å². The number of pyridine rings is 2. The van der Waals surface area contributed by atoms with Crippen molar-refractivity contribution in [1.29, 1.82) is 0 Å². The van der Waals surface area contributed by atoms with Crippen molar-refractivity contribution in [2.24, 2.45) is 0 Å². The van der Waals surface area contributed by atoms with E-state index in [4.69, 9.17) is 21.3 Å². The van der Waals surface area contributed by atoms with Gasteiger partial charge >= 0.3 is 0 Å². The van der Waals surface area contributed by atoms with E-state index in [1.807, 2.05) is 0 Å². The van der Waals surface area contributed by atoms with Gasteiger partial charge in [-0.1, -0.05) is 11.6 Å². The molecule has 4 unspecified atom stereocenters. The number of hydrogen-bond donors (Lipinski definition) is 2. The molecule has 41 heavy (non-hydrogen) atoms. The molecule has 4 saturated heterocycles. The minimum atomic E-state index is -0.851. The Balaban J connectivity index is 1.23. The number of alkyl halides is 1. The van der Waals surface area contributed by atoms with Crippen molar-refractivity contribution in [2.45, 2.75) is 74.7 Å². The molecule has 2 aromatic heterocycles. The lowest BCUT2D eigenvalue weighted by molar-refractivity contribution is 0.111. The van der Waals surface area contributed by atoms with E-state index in [1.54, 1.807) is 18.3 Å². The number of nitrogens with zero attached hydrogens (tertiary/aromatic N) is 4. The maximum absolute atomic E-state index is 16.6. The van der Waals surface area contributed by atoms with Gasteiger partial charge < -0.3 is 20.1 Å². The number of halogens is 3. The average Bonchev–Trinajstić information content (AvgIpc) is 3.52. The standard InChI is InChI=1S/C31H34ClF2N5O2/c32-25-9-21(40)8-23(27(25)17-2-3-17)29-28(34)22-10-26(41-16-31-6-1-7-39(31)13-18(33)11-31)37-30(24(22)12-35-29)38-14-19-4-5-20(15-38)36-19/h8-10,12,17-20,36,40H,1-7,11,13-16H2. The molecule has 4 atom stereocenters. The van der Waals surface area contributed by atoms with E-state index < -0.39 is 12.0 Å². The fraction of sp³-hybridized carbons (Fsp3) is 0.548. The minimum Gasteiger partial charge on any atom is -0.508 e. The first kappa shape index (κ1) is 25.9. The lowest BCUT2D eigenvalue weighted by Crippen LogP contribution is -2.51. The second-order valence-corrected chi connectivity index (χ2v) is 13.1. The summed E-state index contributed by atoms with van der Waals surface area (Å²) in [6, 6.07) is 5.48. The molecule has 1 aliphatic carbocycles. The molecular formula is C31H34ClF2N5O2. The van der Waals surface area contributed by atoms with Crippen LogP contribution < -0.4 is 15.0 Å². The fourth-order valence-electron chi connectivity index (χ4n) is 7.86. The molecule has 6 heterocycles. The molecule has 1 saturated carbocycles. The molecule has 2 N–H and O–H groups in total. The summed E-state index contributed by atoms with van der Waals surface area (Å²) in [4.78, 5) is 14.0. The topological polar surface area (TPSA) is 73.8 Å². The Morgan fingerprint density at radius 3 is 2.68 bits per heavy atom. The molecular weight excluding hydrogens is 548 g/mol. The van der Waals surface area contributed by atoms with Crippen LogP contribution in [0.2, 0.25) is 5.02 Å². The summed E-state index contributed by atoms with van der Waals surface area (Å²) in [5.41, 5.74) is 1.20. The molecule has 5 aliphatic rings. The van der Waals surface area contributed by atoms with Gasteiger partial charge in [0.25, 0.3) is 0 Å². The van der Waals surface area contributed by atoms with Crippen molar-refractivity contribution in [3.05, 3.63) is 40.8 Å². The molecule has 5 fully saturated rings. The summed E-state index contributed by atoms with van der Waals surface area (Å²) in [6.07, 6.45) is 7.38. The first-order chi connectivity index (χ1) is 19.9. The van der Waals surface area contributed by atoms with Crippen LogP contribution in [-0.2, 0) is 0 Å². The lowest BCUT2D eigenvalue weighted by atomic mass is 9.95. The molecule has 0 amide bonds. The molecule has 3 aromatic rings. The summed E-state index contributed by atoms with van der Waals surface area (Å²) in [7, 11) is 0. The number of nitrogens with one attached hydrogen (secondary N) is 1. The van der Waals surface area contributed by atoms with E-state index in [0.717, 1.165) is 63.7 Å². The van der Waals surface area contributed by atoms with Gasteiger partial charge in [0.05, 0.1) is 5.54 Å². The zero-order valence-corrected chi connectivity index (χ0v) is 23.6. The van der Waals surface area contributed by atoms with Gasteiger partial charge in [-0.05, 0) is 68.7 Å². The highest BCUT2D eigenvalue weighted by atomic mass is 35.5. The van der Waals surface area contributed by atoms with Crippen LogP contribution in [0.3, 0.4) is 0 Å². The van der Waals surface area contributed by atoms with E-state index in [2.05, 4.69) is 20.1 Å². The zero-order chi connectivity index (χ0) is 27.9. The Labute approximate surface area is 242 Å². The number of hydrogen-bond acceptors (Lipinski definition) is 7. The van der Waals surface area contributed by atoms with E-state index in [-0.39, 0.29) is 22.9 Å². The summed E-state index contributed by atoms with van der Waals surface area (Å²) >= 11 is 6.55. The van der Waals surface area contributed by atoms with Crippen molar-refractivity contribution in [3.8, 4) is 22.9 Å². The monoisotopic (exact) mass is 581 g/mol. The van der Waals surface area contributed by atoms with Gasteiger partial charge in [0.1, 0.15) is 30.0 Å². The summed E-state index contributed by atoms with van der Waals surface area (Å²) in [5, 5.41) is 15.4. The Bertz CT molecular complexity index is 1520. The number of ether oxygens (including phenoxy) is 1. The smallest absolute Gasteiger partial charge is 0.216 e. The van der Waals surface area contributed by atoms with E-state index >= 15 is 4.39 Å². The first-order valence-corrected chi connectivity index (χ1v) is 15.3. The number of aromatic nitrogens is 2. The summed E-state index contributed by atoms with van der Waals surface area (Å²) in [6.45, 7) is 3.21. The predicted molar refractivity (Wildman–Crippen MR) is 154 cm³/mol. The predicted octanol–water partition coefficient (Wildman–Crippen LogP) is 5.57. The number of phenols is 1. The van der Waals surface area contributed by atoms with Crippen LogP contribution >= 0.6 is 11.6 Å². The number of benzene rings is 1. The second kappa shape index (κ2) is 9.64. The zero-order valence-electron chi connectivity index (χ0n) is 22.9. The van der Waals surface area contributed by atoms with Crippen LogP contribution in [0.5, 0.6) is 11.6 Å². The molecule has 1 aromatic carbocycles. The summed E-state index contributed by atoms with van der Waals surface area (Å²) in [5.74, 6) is 0.741. The van der Waals surface area contributed by atoms with Gasteiger partial charge in [0.15, 0.2) is 5.82 Å². The van der Waals surface area contributed by atoms with Gasteiger partial charge in [-0.15, -0.1) is 0 Å². The molecule has 0 spiro atoms. The Kier molecular flexibility index (Phi) is 6.10. The molecule has 4 aliphatic heterocycles. The SMILES string of the molecule is Oc1cc(Cl)c(C2CC2)c(-c2ncc3c(N4CC5CCC(C4)N5)nc(OCC45CCCN4CC(F)C5)cc3c2F)c1. The van der Waals surface area contributed by atoms with Gasteiger partial charge in [0, 0.05) is 71.8 Å². The van der Waals surface area contributed by atoms with Crippen LogP contribution in [-0.4, -0.2) is 76.6 Å². The fourth-order valence-corrected chi connectivity index (χ4v) is 8.22. The number of aromatic hydroxyl groups is 1. The number of anilines is 1. The summed E-state index contributed by atoms with van der Waals surface area (Å²) < 4.78 is 37.4. The van der Waals surface area contributed by atoms with Crippen molar-refractivity contribution < 1.29 is 18.6 Å². The molecule has 216 valence electrons. The molecule has 2 bridgehead atoms. The minimum absolute atomic E-state index is 0.0190. The highest BCUT2D eigenvalue weighted by Gasteiger charge is 2.49. The maximum Gasteiger partial charge on any atom is 0.216 e. The molecule has 0 radical (unpaired) electrons. The normalized spacial score (nSPS) is 29.4. The Morgan fingerprint density at radius 1 is 1.10 bits per heavy atom. The molecule has 7 nitrogen and oxygen atoms in total. The van der Waals surface area contributed by atoms with Crippen molar-refractivity contribution in [3.63, 3.8) is 0 Å². The van der Waals surface area contributed by atoms with Gasteiger partial charge in [-0.2, -0.15) is 4.98 Å². The van der Waals surface area contributed by atoms with E-state index in [0.29, 0.717) is 64.7 Å². The number of phenolic OH excluding ortho intramolecular Hbond substituents is 1. The van der Waals surface area contributed by atoms with Crippen molar-refractivity contribution in [1.82, 2.24) is 20.2 Å². The van der Waals surface area contributed by atoms with Gasteiger partial charge in [-0.3, -0.25) is 9.88 Å². The third kappa shape index (κ3) is 4.43. The quantitative estimate of drug-likeness (QED) is 0.394. The number of fused-ring (bicyclic) bond motifs is 4. The third-order valence-electron chi connectivity index (χ3n) is 9.90. The van der Waals surface area contributed by atoms with Crippen LogP contribution in [0.15, 0.2) is 24.4 Å². The molecule has 10 heteroatoms. The third-order valence-corrected chi connectivity index (χ3v) is 10.2. The lowest BCUT2D eigenvalue weighted by Gasteiger charge is -2.35. The second-order valence-electron chi connectivity index (χ2n) is 12.7. The van der Waals surface area contributed by atoms with Crippen molar-refractivity contribution >= 4 is 28.2 Å². The van der Waals surface area contributed by atoms with Gasteiger partial charge in [0.2, 0.25) is 5.88 Å².